The van der Waals surface area contributed by atoms with Crippen molar-refractivity contribution in [1.29, 1.82) is 0 Å². The van der Waals surface area contributed by atoms with Crippen LogP contribution in [0.15, 0.2) is 25.1 Å². The van der Waals surface area contributed by atoms with Crippen molar-refractivity contribution >= 4 is 20.9 Å². The summed E-state index contributed by atoms with van der Waals surface area (Å²) in [6, 6.07) is 0. The number of rotatable bonds is 4. The molecule has 1 saturated heterocycles. The van der Waals surface area contributed by atoms with Gasteiger partial charge in [0.15, 0.2) is 0 Å². The molecule has 0 atom stereocenters. The van der Waals surface area contributed by atoms with E-state index in [2.05, 4.69) is 55.0 Å². The van der Waals surface area contributed by atoms with Crippen LogP contribution in [0, 0.1) is 0 Å². The Kier molecular flexibility index (Phi) is 4.90. The lowest BCUT2D eigenvalue weighted by atomic mass is 9.44. The zero-order chi connectivity index (χ0) is 12.3. The molecule has 3 nitrogen and oxygen atoms in total. The zero-order valence-corrected chi connectivity index (χ0v) is 11.1. The first-order chi connectivity index (χ1) is 7.62. The third kappa shape index (κ3) is 2.15. The van der Waals surface area contributed by atoms with Gasteiger partial charge in [-0.25, -0.2) is 0 Å². The fourth-order valence-electron chi connectivity index (χ4n) is 2.76. The number of nitrogens with zero attached hydrogens (tertiary/aromatic N) is 3. The lowest BCUT2D eigenvalue weighted by molar-refractivity contribution is 0.490. The predicted octanol–water partition coefficient (Wildman–Crippen LogP) is 1.12. The summed E-state index contributed by atoms with van der Waals surface area (Å²) in [5.74, 6) is 4.03. The quantitative estimate of drug-likeness (QED) is 0.653. The van der Waals surface area contributed by atoms with Crippen molar-refractivity contribution in [2.75, 3.05) is 20.1 Å². The molecule has 0 aliphatic carbocycles. The van der Waals surface area contributed by atoms with Crippen molar-refractivity contribution in [3.63, 3.8) is 0 Å². The van der Waals surface area contributed by atoms with Crippen molar-refractivity contribution in [3.8, 4) is 0 Å². The van der Waals surface area contributed by atoms with Crippen molar-refractivity contribution in [2.24, 2.45) is 0 Å². The molecule has 0 amide bonds. The SMILES string of the molecule is C=CB1N(C)B(C=C)N(CC)B(C)N1CC. The van der Waals surface area contributed by atoms with Crippen molar-refractivity contribution < 1.29 is 0 Å². The molecule has 0 aromatic rings. The van der Waals surface area contributed by atoms with Gasteiger partial charge in [0.1, 0.15) is 0 Å². The molecule has 1 aliphatic rings. The van der Waals surface area contributed by atoms with Gasteiger partial charge in [-0.05, 0) is 20.1 Å². The van der Waals surface area contributed by atoms with Crippen LogP contribution >= 0.6 is 0 Å². The summed E-state index contributed by atoms with van der Waals surface area (Å²) >= 11 is 0. The van der Waals surface area contributed by atoms with E-state index in [0.29, 0.717) is 20.9 Å². The third-order valence-corrected chi connectivity index (χ3v) is 3.63. The molecule has 1 fully saturated rings. The van der Waals surface area contributed by atoms with Gasteiger partial charge in [-0.15, -0.1) is 13.2 Å². The van der Waals surface area contributed by atoms with E-state index >= 15 is 0 Å². The van der Waals surface area contributed by atoms with Gasteiger partial charge >= 0.3 is 14.0 Å². The second-order valence-corrected chi connectivity index (χ2v) is 4.26. The number of hydrogen-bond donors (Lipinski definition) is 0. The van der Waals surface area contributed by atoms with Crippen molar-refractivity contribution in [2.45, 2.75) is 20.7 Å². The van der Waals surface area contributed by atoms with Gasteiger partial charge < -0.3 is 14.2 Å². The standard InChI is InChI=1S/C10H22B3N3/c1-7-12-14(6)13(8-2)16(10-4)11(5)15(12)9-3/h7-8H,1-2,9-10H2,3-6H3. The summed E-state index contributed by atoms with van der Waals surface area (Å²) in [6.07, 6.45) is 0. The largest absolute Gasteiger partial charge is 0.354 e. The second kappa shape index (κ2) is 5.76. The lowest BCUT2D eigenvalue weighted by Crippen LogP contribution is -2.74. The monoisotopic (exact) mass is 217 g/mol. The molecule has 1 aliphatic heterocycles. The highest BCUT2D eigenvalue weighted by Crippen LogP contribution is 2.18. The molecule has 0 saturated carbocycles. The first-order valence-corrected chi connectivity index (χ1v) is 6.10. The minimum atomic E-state index is 0.297. The molecule has 0 aromatic carbocycles. The van der Waals surface area contributed by atoms with Gasteiger partial charge in [-0.3, -0.25) is 0 Å². The Balaban J connectivity index is 3.01. The molecule has 0 radical (unpaired) electrons. The molecule has 0 spiro atoms. The van der Waals surface area contributed by atoms with E-state index in [1.54, 1.807) is 0 Å². The molecule has 1 heterocycles. The fraction of sp³-hybridized carbons (Fsp3) is 0.600. The molecule has 0 bridgehead atoms. The van der Waals surface area contributed by atoms with Gasteiger partial charge in [0.25, 0.3) is 6.98 Å². The van der Waals surface area contributed by atoms with Gasteiger partial charge in [-0.1, -0.05) is 32.6 Å². The van der Waals surface area contributed by atoms with Crippen LogP contribution < -0.4 is 0 Å². The lowest BCUT2D eigenvalue weighted by Gasteiger charge is -2.50. The molecule has 86 valence electrons. The molecule has 0 N–H and O–H groups in total. The van der Waals surface area contributed by atoms with E-state index in [9.17, 15) is 0 Å². The van der Waals surface area contributed by atoms with E-state index in [4.69, 9.17) is 0 Å². The van der Waals surface area contributed by atoms with Crippen molar-refractivity contribution in [1.82, 2.24) is 14.2 Å². The van der Waals surface area contributed by atoms with Crippen molar-refractivity contribution in [3.05, 3.63) is 25.1 Å². The highest BCUT2D eigenvalue weighted by atomic mass is 15.3. The molecule has 0 aromatic heterocycles. The molecular formula is C10H22B3N3. The highest BCUT2D eigenvalue weighted by molar-refractivity contribution is 6.88. The average Bonchev–Trinajstić information content (AvgIpc) is 2.30. The first-order valence-electron chi connectivity index (χ1n) is 6.10. The molecule has 1 rings (SSSR count). The summed E-state index contributed by atoms with van der Waals surface area (Å²) in [5.41, 5.74) is 0. The Bertz CT molecular complexity index is 238. The van der Waals surface area contributed by atoms with Gasteiger partial charge in [-0.2, -0.15) is 0 Å². The molecule has 0 unspecified atom stereocenters. The maximum Gasteiger partial charge on any atom is 0.317 e. The highest BCUT2D eigenvalue weighted by Gasteiger charge is 2.45. The summed E-state index contributed by atoms with van der Waals surface area (Å²) in [4.78, 5) is 0. The Labute approximate surface area is 102 Å². The van der Waals surface area contributed by atoms with E-state index < -0.39 is 0 Å². The molecular weight excluding hydrogens is 195 g/mol. The van der Waals surface area contributed by atoms with E-state index in [1.807, 2.05) is 12.0 Å². The summed E-state index contributed by atoms with van der Waals surface area (Å²) in [7, 11) is 2.13. The van der Waals surface area contributed by atoms with Gasteiger partial charge in [0.05, 0.1) is 0 Å². The van der Waals surface area contributed by atoms with Gasteiger partial charge in [0, 0.05) is 0 Å². The second-order valence-electron chi connectivity index (χ2n) is 4.26. The minimum Gasteiger partial charge on any atom is -0.354 e. The Morgan fingerprint density at radius 3 is 1.62 bits per heavy atom. The predicted molar refractivity (Wildman–Crippen MR) is 76.0 cm³/mol. The first kappa shape index (κ1) is 13.6. The Hall–Kier alpha value is -0.445. The minimum absolute atomic E-state index is 0.297. The van der Waals surface area contributed by atoms with Crippen LogP contribution in [0.3, 0.4) is 0 Å². The van der Waals surface area contributed by atoms with Gasteiger partial charge in [0.2, 0.25) is 0 Å². The normalized spacial score (nSPS) is 20.4. The van der Waals surface area contributed by atoms with Crippen LogP contribution in [0.5, 0.6) is 0 Å². The summed E-state index contributed by atoms with van der Waals surface area (Å²) < 4.78 is 7.19. The topological polar surface area (TPSA) is 9.72 Å². The van der Waals surface area contributed by atoms with E-state index in [1.165, 1.54) is 0 Å². The van der Waals surface area contributed by atoms with Crippen LogP contribution in [0.25, 0.3) is 0 Å². The maximum absolute atomic E-state index is 3.95. The molecule has 6 heteroatoms. The van der Waals surface area contributed by atoms with Crippen LogP contribution in [0.2, 0.25) is 6.82 Å². The third-order valence-electron chi connectivity index (χ3n) is 3.63. The van der Waals surface area contributed by atoms with E-state index in [0.717, 1.165) is 13.1 Å². The fourth-order valence-corrected chi connectivity index (χ4v) is 2.76. The summed E-state index contributed by atoms with van der Waals surface area (Å²) in [5, 5.41) is 0. The maximum atomic E-state index is 3.95. The average molecular weight is 217 g/mol. The zero-order valence-electron chi connectivity index (χ0n) is 11.1. The van der Waals surface area contributed by atoms with E-state index in [-0.39, 0.29) is 0 Å². The summed E-state index contributed by atoms with van der Waals surface area (Å²) in [6.45, 7) is 17.6. The molecule has 16 heavy (non-hydrogen) atoms. The van der Waals surface area contributed by atoms with Crippen LogP contribution in [-0.4, -0.2) is 55.3 Å². The van der Waals surface area contributed by atoms with Crippen LogP contribution in [0.4, 0.5) is 0 Å². The van der Waals surface area contributed by atoms with Crippen LogP contribution in [-0.2, 0) is 0 Å². The Morgan fingerprint density at radius 2 is 1.38 bits per heavy atom. The van der Waals surface area contributed by atoms with Crippen LogP contribution in [0.1, 0.15) is 13.8 Å². The number of hydrogen-bond acceptors (Lipinski definition) is 3. The Morgan fingerprint density at radius 1 is 1.00 bits per heavy atom. The smallest absolute Gasteiger partial charge is 0.317 e.